The normalized spacial score (nSPS) is 10.6. The Morgan fingerprint density at radius 3 is 2.95 bits per heavy atom. The third-order valence-corrected chi connectivity index (χ3v) is 3.95. The number of carbonyl (C=O) groups excluding carboxylic acids is 1. The SMILES string of the molecule is CCN(Cc1ccc(Cl)s1)C(=O)CCn1cncn1. The number of nitrogens with zero attached hydrogens (tertiary/aromatic N) is 4. The molecule has 0 spiro atoms. The molecule has 0 bridgehead atoms. The van der Waals surface area contributed by atoms with Crippen molar-refractivity contribution >= 4 is 28.8 Å². The standard InChI is InChI=1S/C12H15ClN4OS/c1-2-16(7-10-3-4-11(13)19-10)12(18)5-6-17-9-14-8-15-17/h3-4,8-9H,2,5-7H2,1H3. The summed E-state index contributed by atoms with van der Waals surface area (Å²) in [7, 11) is 0. The highest BCUT2D eigenvalue weighted by Gasteiger charge is 2.13. The molecule has 0 radical (unpaired) electrons. The van der Waals surface area contributed by atoms with Crippen LogP contribution in [0.25, 0.3) is 0 Å². The summed E-state index contributed by atoms with van der Waals surface area (Å²) in [6.45, 7) is 3.83. The third-order valence-electron chi connectivity index (χ3n) is 2.73. The molecule has 0 aliphatic heterocycles. The minimum Gasteiger partial charge on any atom is -0.338 e. The topological polar surface area (TPSA) is 51.0 Å². The Balaban J connectivity index is 1.88. The summed E-state index contributed by atoms with van der Waals surface area (Å²) in [6.07, 6.45) is 3.51. The molecule has 19 heavy (non-hydrogen) atoms. The summed E-state index contributed by atoms with van der Waals surface area (Å²) in [5.41, 5.74) is 0. The molecule has 2 aromatic rings. The van der Waals surface area contributed by atoms with E-state index >= 15 is 0 Å². The van der Waals surface area contributed by atoms with E-state index in [2.05, 4.69) is 10.1 Å². The molecule has 102 valence electrons. The van der Waals surface area contributed by atoms with Crippen LogP contribution in [0.5, 0.6) is 0 Å². The molecule has 0 aliphatic rings. The third kappa shape index (κ3) is 4.04. The summed E-state index contributed by atoms with van der Waals surface area (Å²) < 4.78 is 2.41. The monoisotopic (exact) mass is 298 g/mol. The van der Waals surface area contributed by atoms with Gasteiger partial charge in [0.25, 0.3) is 0 Å². The Bertz CT molecular complexity index is 526. The summed E-state index contributed by atoms with van der Waals surface area (Å²) in [5.74, 6) is 0.113. The van der Waals surface area contributed by atoms with Gasteiger partial charge in [-0.2, -0.15) is 5.10 Å². The van der Waals surface area contributed by atoms with Gasteiger partial charge in [0, 0.05) is 17.8 Å². The molecule has 5 nitrogen and oxygen atoms in total. The zero-order chi connectivity index (χ0) is 13.7. The van der Waals surface area contributed by atoms with E-state index in [0.717, 1.165) is 9.21 Å². The minimum absolute atomic E-state index is 0.113. The average Bonchev–Trinajstić information content (AvgIpc) is 3.04. The fourth-order valence-electron chi connectivity index (χ4n) is 1.72. The second-order valence-electron chi connectivity index (χ2n) is 4.02. The number of thiophene rings is 1. The molecule has 0 aliphatic carbocycles. The van der Waals surface area contributed by atoms with Crippen LogP contribution in [0.2, 0.25) is 4.34 Å². The van der Waals surface area contributed by atoms with Crippen molar-refractivity contribution in [1.29, 1.82) is 0 Å². The lowest BCUT2D eigenvalue weighted by Gasteiger charge is -2.20. The van der Waals surface area contributed by atoms with Gasteiger partial charge in [0.05, 0.1) is 17.4 Å². The smallest absolute Gasteiger partial charge is 0.224 e. The van der Waals surface area contributed by atoms with Crippen molar-refractivity contribution in [2.75, 3.05) is 6.54 Å². The quantitative estimate of drug-likeness (QED) is 0.823. The van der Waals surface area contributed by atoms with E-state index in [1.54, 1.807) is 11.0 Å². The van der Waals surface area contributed by atoms with Gasteiger partial charge in [-0.3, -0.25) is 9.48 Å². The fraction of sp³-hybridized carbons (Fsp3) is 0.417. The van der Waals surface area contributed by atoms with Crippen LogP contribution < -0.4 is 0 Å². The Labute approximate surface area is 120 Å². The van der Waals surface area contributed by atoms with Gasteiger partial charge >= 0.3 is 0 Å². The predicted octanol–water partition coefficient (Wildman–Crippen LogP) is 2.43. The van der Waals surface area contributed by atoms with Gasteiger partial charge < -0.3 is 4.90 Å². The van der Waals surface area contributed by atoms with Gasteiger partial charge in [-0.05, 0) is 19.1 Å². The highest BCUT2D eigenvalue weighted by Crippen LogP contribution is 2.22. The van der Waals surface area contributed by atoms with Crippen LogP contribution in [0, 0.1) is 0 Å². The lowest BCUT2D eigenvalue weighted by atomic mass is 10.3. The Hall–Kier alpha value is -1.40. The van der Waals surface area contributed by atoms with Crippen molar-refractivity contribution in [2.24, 2.45) is 0 Å². The van der Waals surface area contributed by atoms with Crippen molar-refractivity contribution in [3.8, 4) is 0 Å². The Morgan fingerprint density at radius 2 is 2.37 bits per heavy atom. The van der Waals surface area contributed by atoms with E-state index in [4.69, 9.17) is 11.6 Å². The van der Waals surface area contributed by atoms with E-state index in [0.29, 0.717) is 26.1 Å². The van der Waals surface area contributed by atoms with Gasteiger partial charge in [0.1, 0.15) is 12.7 Å². The number of halogens is 1. The zero-order valence-corrected chi connectivity index (χ0v) is 12.2. The number of hydrogen-bond donors (Lipinski definition) is 0. The molecule has 0 fully saturated rings. The number of carbonyl (C=O) groups is 1. The molecular formula is C12H15ClN4OS. The first-order valence-electron chi connectivity index (χ1n) is 6.03. The van der Waals surface area contributed by atoms with Crippen molar-refractivity contribution in [3.05, 3.63) is 34.0 Å². The molecule has 1 amide bonds. The van der Waals surface area contributed by atoms with Crippen LogP contribution in [-0.2, 0) is 17.9 Å². The number of aryl methyl sites for hydroxylation is 1. The molecule has 2 aromatic heterocycles. The van der Waals surface area contributed by atoms with Gasteiger partial charge in [-0.1, -0.05) is 11.6 Å². The predicted molar refractivity (Wildman–Crippen MR) is 75.1 cm³/mol. The molecule has 2 rings (SSSR count). The Morgan fingerprint density at radius 1 is 1.53 bits per heavy atom. The molecule has 0 atom stereocenters. The molecule has 0 unspecified atom stereocenters. The summed E-state index contributed by atoms with van der Waals surface area (Å²) in [5, 5.41) is 3.98. The van der Waals surface area contributed by atoms with Crippen LogP contribution >= 0.6 is 22.9 Å². The van der Waals surface area contributed by atoms with Crippen molar-refractivity contribution in [3.63, 3.8) is 0 Å². The summed E-state index contributed by atoms with van der Waals surface area (Å²) in [4.78, 5) is 18.9. The van der Waals surface area contributed by atoms with Gasteiger partial charge in [-0.25, -0.2) is 4.98 Å². The van der Waals surface area contributed by atoms with Crippen molar-refractivity contribution in [2.45, 2.75) is 26.4 Å². The number of rotatable bonds is 6. The first-order chi connectivity index (χ1) is 9.19. The number of aromatic nitrogens is 3. The molecule has 0 N–H and O–H groups in total. The van der Waals surface area contributed by atoms with Gasteiger partial charge in [-0.15, -0.1) is 11.3 Å². The molecule has 0 saturated heterocycles. The van der Waals surface area contributed by atoms with Crippen LogP contribution in [0.1, 0.15) is 18.2 Å². The highest BCUT2D eigenvalue weighted by molar-refractivity contribution is 7.16. The maximum atomic E-state index is 12.1. The molecule has 7 heteroatoms. The van der Waals surface area contributed by atoms with Crippen molar-refractivity contribution in [1.82, 2.24) is 19.7 Å². The van der Waals surface area contributed by atoms with Gasteiger partial charge in [0.2, 0.25) is 5.91 Å². The highest BCUT2D eigenvalue weighted by atomic mass is 35.5. The van der Waals surface area contributed by atoms with E-state index in [-0.39, 0.29) is 5.91 Å². The van der Waals surface area contributed by atoms with Crippen LogP contribution in [0.4, 0.5) is 0 Å². The fourth-order valence-corrected chi connectivity index (χ4v) is 2.82. The minimum atomic E-state index is 0.113. The first kappa shape index (κ1) is 14.0. The Kier molecular flexibility index (Phi) is 4.93. The average molecular weight is 299 g/mol. The van der Waals surface area contributed by atoms with Crippen LogP contribution in [0.3, 0.4) is 0 Å². The molecule has 0 saturated carbocycles. The van der Waals surface area contributed by atoms with E-state index in [1.165, 1.54) is 17.7 Å². The zero-order valence-electron chi connectivity index (χ0n) is 10.6. The lowest BCUT2D eigenvalue weighted by molar-refractivity contribution is -0.131. The second-order valence-corrected chi connectivity index (χ2v) is 5.82. The van der Waals surface area contributed by atoms with E-state index in [1.807, 2.05) is 24.0 Å². The summed E-state index contributed by atoms with van der Waals surface area (Å²) in [6, 6.07) is 3.82. The molecule has 2 heterocycles. The van der Waals surface area contributed by atoms with Crippen LogP contribution in [0.15, 0.2) is 24.8 Å². The summed E-state index contributed by atoms with van der Waals surface area (Å²) >= 11 is 7.40. The number of amides is 1. The molecule has 0 aromatic carbocycles. The number of hydrogen-bond acceptors (Lipinski definition) is 4. The maximum Gasteiger partial charge on any atom is 0.224 e. The lowest BCUT2D eigenvalue weighted by Crippen LogP contribution is -2.30. The van der Waals surface area contributed by atoms with E-state index in [9.17, 15) is 4.79 Å². The van der Waals surface area contributed by atoms with E-state index < -0.39 is 0 Å². The van der Waals surface area contributed by atoms with Gasteiger partial charge in [0.15, 0.2) is 0 Å². The largest absolute Gasteiger partial charge is 0.338 e. The maximum absolute atomic E-state index is 12.1. The van der Waals surface area contributed by atoms with Crippen molar-refractivity contribution < 1.29 is 4.79 Å². The van der Waals surface area contributed by atoms with Crippen LogP contribution in [-0.4, -0.2) is 32.1 Å². The second kappa shape index (κ2) is 6.68. The first-order valence-corrected chi connectivity index (χ1v) is 7.23. The molecular weight excluding hydrogens is 284 g/mol.